The van der Waals surface area contributed by atoms with Gasteiger partial charge >= 0.3 is 6.03 Å². The summed E-state index contributed by atoms with van der Waals surface area (Å²) in [7, 11) is 0. The first kappa shape index (κ1) is 17.7. The van der Waals surface area contributed by atoms with Crippen LogP contribution in [0.3, 0.4) is 0 Å². The quantitative estimate of drug-likeness (QED) is 0.863. The average Bonchev–Trinajstić information content (AvgIpc) is 2.92. The van der Waals surface area contributed by atoms with Crippen LogP contribution in [-0.2, 0) is 11.2 Å². The summed E-state index contributed by atoms with van der Waals surface area (Å²) in [5, 5.41) is 8.54. The number of likely N-dealkylation sites (tertiary alicyclic amines) is 1. The Kier molecular flexibility index (Phi) is 6.38. The first-order valence-electron chi connectivity index (χ1n) is 8.23. The van der Waals surface area contributed by atoms with Crippen molar-refractivity contribution in [2.75, 3.05) is 13.1 Å². The van der Waals surface area contributed by atoms with Gasteiger partial charge in [0.25, 0.3) is 0 Å². The molecule has 1 saturated heterocycles. The van der Waals surface area contributed by atoms with Gasteiger partial charge in [0, 0.05) is 30.9 Å². The van der Waals surface area contributed by atoms with Gasteiger partial charge < -0.3 is 15.5 Å². The predicted octanol–water partition coefficient (Wildman–Crippen LogP) is 2.08. The van der Waals surface area contributed by atoms with Crippen LogP contribution in [0.25, 0.3) is 0 Å². The lowest BCUT2D eigenvalue weighted by Gasteiger charge is -2.35. The minimum absolute atomic E-state index is 0.00229. The van der Waals surface area contributed by atoms with Crippen molar-refractivity contribution in [2.24, 2.45) is 0 Å². The number of hydrogen-bond acceptors (Lipinski definition) is 4. The van der Waals surface area contributed by atoms with Crippen molar-refractivity contribution < 1.29 is 9.59 Å². The van der Waals surface area contributed by atoms with Gasteiger partial charge in [-0.05, 0) is 40.0 Å². The number of hydrogen-bond donors (Lipinski definition) is 2. The van der Waals surface area contributed by atoms with Crippen molar-refractivity contribution in [3.63, 3.8) is 0 Å². The molecule has 3 amide bonds. The molecule has 0 bridgehead atoms. The molecular formula is C16H26N4O2S. The number of aryl methyl sites for hydroxylation is 1. The summed E-state index contributed by atoms with van der Waals surface area (Å²) in [6.45, 7) is 7.07. The Morgan fingerprint density at radius 1 is 1.48 bits per heavy atom. The molecule has 0 radical (unpaired) electrons. The summed E-state index contributed by atoms with van der Waals surface area (Å²) < 4.78 is 0. The second-order valence-electron chi connectivity index (χ2n) is 6.11. The molecule has 128 valence electrons. The van der Waals surface area contributed by atoms with E-state index in [2.05, 4.69) is 22.5 Å². The minimum Gasteiger partial charge on any atom is -0.338 e. The number of nitrogens with one attached hydrogen (secondary N) is 2. The third kappa shape index (κ3) is 5.20. The highest BCUT2D eigenvalue weighted by Gasteiger charge is 2.27. The number of carbonyl (C=O) groups is 2. The summed E-state index contributed by atoms with van der Waals surface area (Å²) in [6, 6.07) is -0.545. The second kappa shape index (κ2) is 8.29. The Morgan fingerprint density at radius 3 is 2.91 bits per heavy atom. The Bertz CT molecular complexity index is 546. The highest BCUT2D eigenvalue weighted by Crippen LogP contribution is 2.17. The summed E-state index contributed by atoms with van der Waals surface area (Å²) in [5.41, 5.74) is 0.985. The van der Waals surface area contributed by atoms with Gasteiger partial charge in [0.15, 0.2) is 0 Å². The van der Waals surface area contributed by atoms with Crippen LogP contribution in [0.4, 0.5) is 4.79 Å². The van der Waals surface area contributed by atoms with Crippen LogP contribution in [0.2, 0.25) is 0 Å². The van der Waals surface area contributed by atoms with Crippen LogP contribution >= 0.6 is 11.3 Å². The number of thiazole rings is 1. The fourth-order valence-corrected chi connectivity index (χ4v) is 3.46. The third-order valence-corrected chi connectivity index (χ3v) is 4.96. The maximum Gasteiger partial charge on any atom is 0.315 e. The highest BCUT2D eigenvalue weighted by atomic mass is 32.1. The number of aromatic nitrogens is 1. The molecule has 23 heavy (non-hydrogen) atoms. The van der Waals surface area contributed by atoms with E-state index in [0.717, 1.165) is 30.1 Å². The van der Waals surface area contributed by atoms with E-state index < -0.39 is 6.04 Å². The Hall–Kier alpha value is -1.63. The smallest absolute Gasteiger partial charge is 0.315 e. The van der Waals surface area contributed by atoms with Gasteiger partial charge in [-0.15, -0.1) is 11.3 Å². The molecule has 1 aliphatic rings. The van der Waals surface area contributed by atoms with Crippen LogP contribution in [-0.4, -0.2) is 47.0 Å². The largest absolute Gasteiger partial charge is 0.338 e. The fourth-order valence-electron chi connectivity index (χ4n) is 2.81. The van der Waals surface area contributed by atoms with Crippen molar-refractivity contribution in [3.05, 3.63) is 16.1 Å². The lowest BCUT2D eigenvalue weighted by atomic mass is 10.0. The lowest BCUT2D eigenvalue weighted by Crippen LogP contribution is -2.53. The molecule has 2 rings (SSSR count). The summed E-state index contributed by atoms with van der Waals surface area (Å²) in [5.74, 6) is 0.00229. The van der Waals surface area contributed by atoms with E-state index >= 15 is 0 Å². The van der Waals surface area contributed by atoms with Crippen molar-refractivity contribution in [1.82, 2.24) is 20.5 Å². The summed E-state index contributed by atoms with van der Waals surface area (Å²) in [4.78, 5) is 30.6. The zero-order valence-corrected chi connectivity index (χ0v) is 14.9. The number of nitrogens with zero attached hydrogens (tertiary/aromatic N) is 2. The molecule has 7 heteroatoms. The van der Waals surface area contributed by atoms with Gasteiger partial charge in [-0.1, -0.05) is 0 Å². The standard InChI is InChI=1S/C16H26N4O2S/c1-11-6-4-5-9-20(11)15(21)12(2)18-16(22)17-8-7-14-10-23-13(3)19-14/h10-12H,4-9H2,1-3H3,(H2,17,18,22)/t11-,12-/m0/s1. The predicted molar refractivity (Wildman–Crippen MR) is 91.6 cm³/mol. The molecule has 0 aromatic carbocycles. The maximum atomic E-state index is 12.4. The van der Waals surface area contributed by atoms with E-state index in [0.29, 0.717) is 13.0 Å². The Labute approximate surface area is 141 Å². The lowest BCUT2D eigenvalue weighted by molar-refractivity contribution is -0.136. The van der Waals surface area contributed by atoms with Crippen molar-refractivity contribution in [3.8, 4) is 0 Å². The number of piperidine rings is 1. The molecule has 2 N–H and O–H groups in total. The number of carbonyl (C=O) groups excluding carboxylic acids is 2. The van der Waals surface area contributed by atoms with Crippen LogP contribution in [0.15, 0.2) is 5.38 Å². The molecule has 0 unspecified atom stereocenters. The van der Waals surface area contributed by atoms with Gasteiger partial charge in [0.05, 0.1) is 10.7 Å². The van der Waals surface area contributed by atoms with Crippen LogP contribution in [0.5, 0.6) is 0 Å². The molecule has 1 aromatic rings. The van der Waals surface area contributed by atoms with E-state index in [4.69, 9.17) is 0 Å². The molecule has 1 fully saturated rings. The van der Waals surface area contributed by atoms with Crippen molar-refractivity contribution in [2.45, 2.75) is 58.5 Å². The molecule has 6 nitrogen and oxygen atoms in total. The monoisotopic (exact) mass is 338 g/mol. The normalized spacial score (nSPS) is 19.3. The number of urea groups is 1. The van der Waals surface area contributed by atoms with E-state index in [9.17, 15) is 9.59 Å². The zero-order valence-electron chi connectivity index (χ0n) is 14.1. The number of rotatable bonds is 5. The van der Waals surface area contributed by atoms with Gasteiger partial charge in [-0.25, -0.2) is 9.78 Å². The summed E-state index contributed by atoms with van der Waals surface area (Å²) >= 11 is 1.60. The van der Waals surface area contributed by atoms with Gasteiger partial charge in [-0.2, -0.15) is 0 Å². The van der Waals surface area contributed by atoms with E-state index in [1.165, 1.54) is 6.42 Å². The molecular weight excluding hydrogens is 312 g/mol. The van der Waals surface area contributed by atoms with Gasteiger partial charge in [-0.3, -0.25) is 4.79 Å². The Morgan fingerprint density at radius 2 is 2.26 bits per heavy atom. The highest BCUT2D eigenvalue weighted by molar-refractivity contribution is 7.09. The van der Waals surface area contributed by atoms with Crippen molar-refractivity contribution in [1.29, 1.82) is 0 Å². The molecule has 0 aliphatic carbocycles. The topological polar surface area (TPSA) is 74.3 Å². The zero-order chi connectivity index (χ0) is 16.8. The first-order chi connectivity index (χ1) is 11.0. The third-order valence-electron chi connectivity index (χ3n) is 4.14. The van der Waals surface area contributed by atoms with Crippen LogP contribution < -0.4 is 10.6 Å². The van der Waals surface area contributed by atoms with Crippen molar-refractivity contribution >= 4 is 23.3 Å². The minimum atomic E-state index is -0.503. The Balaban J connectivity index is 1.72. The molecule has 2 atom stereocenters. The van der Waals surface area contributed by atoms with Gasteiger partial charge in [0.2, 0.25) is 5.91 Å². The first-order valence-corrected chi connectivity index (χ1v) is 9.11. The van der Waals surface area contributed by atoms with E-state index in [1.54, 1.807) is 18.3 Å². The van der Waals surface area contributed by atoms with Crippen LogP contribution in [0, 0.1) is 6.92 Å². The van der Waals surface area contributed by atoms with Gasteiger partial charge in [0.1, 0.15) is 6.04 Å². The second-order valence-corrected chi connectivity index (χ2v) is 7.17. The molecule has 0 spiro atoms. The summed E-state index contributed by atoms with van der Waals surface area (Å²) in [6.07, 6.45) is 3.95. The van der Waals surface area contributed by atoms with E-state index in [-0.39, 0.29) is 18.0 Å². The van der Waals surface area contributed by atoms with Crippen LogP contribution in [0.1, 0.15) is 43.8 Å². The average molecular weight is 338 g/mol. The molecule has 1 aromatic heterocycles. The number of amides is 3. The fraction of sp³-hybridized carbons (Fsp3) is 0.688. The maximum absolute atomic E-state index is 12.4. The molecule has 0 saturated carbocycles. The molecule has 1 aliphatic heterocycles. The SMILES string of the molecule is Cc1nc(CCNC(=O)N[C@@H](C)C(=O)N2CCCC[C@@H]2C)cs1. The van der Waals surface area contributed by atoms with E-state index in [1.807, 2.05) is 17.2 Å². The molecule has 2 heterocycles.